The van der Waals surface area contributed by atoms with Crippen molar-refractivity contribution in [1.29, 1.82) is 0 Å². The predicted octanol–water partition coefficient (Wildman–Crippen LogP) is 14.8. The Kier molecular flexibility index (Phi) is 6.69. The highest BCUT2D eigenvalue weighted by atomic mass is 16.3. The smallest absolute Gasteiger partial charge is 0.136 e. The van der Waals surface area contributed by atoms with Gasteiger partial charge in [-0.2, -0.15) is 0 Å². The molecule has 4 heterocycles. The Morgan fingerprint density at radius 1 is 0.322 bits per heavy atom. The van der Waals surface area contributed by atoms with Crippen LogP contribution in [-0.4, -0.2) is 14.1 Å². The fourth-order valence-electron chi connectivity index (χ4n) is 9.73. The number of aromatic nitrogens is 3. The van der Waals surface area contributed by atoms with Crippen molar-refractivity contribution in [3.63, 3.8) is 0 Å². The lowest BCUT2D eigenvalue weighted by Gasteiger charge is -2.16. The third-order valence-electron chi connectivity index (χ3n) is 12.3. The molecule has 0 bridgehead atoms. The van der Waals surface area contributed by atoms with Crippen LogP contribution in [0.1, 0.15) is 0 Å². The highest BCUT2D eigenvalue weighted by Gasteiger charge is 2.20. The molecule has 0 aliphatic rings. The molecule has 0 radical (unpaired) electrons. The van der Waals surface area contributed by atoms with Gasteiger partial charge >= 0.3 is 0 Å². The molecular formula is C55H33N3O. The minimum absolute atomic E-state index is 0.861. The SMILES string of the molecule is c1ccc(-c2nc3ccccc3c3c2ccc2oc4ccc(-c5cc(-n6c7ccccc7c7ccccc76)cc(-n6c7ccccc7c7ccccc76)c5)cc4c23)cc1. The Balaban J connectivity index is 1.13. The van der Waals surface area contributed by atoms with Crippen LogP contribution in [0.5, 0.6) is 0 Å². The third-order valence-corrected chi connectivity index (χ3v) is 12.3. The molecule has 4 heteroatoms. The van der Waals surface area contributed by atoms with Crippen molar-refractivity contribution in [1.82, 2.24) is 14.1 Å². The number of pyridine rings is 1. The lowest BCUT2D eigenvalue weighted by molar-refractivity contribution is 0.669. The van der Waals surface area contributed by atoms with Crippen molar-refractivity contribution in [2.75, 3.05) is 0 Å². The summed E-state index contributed by atoms with van der Waals surface area (Å²) in [4.78, 5) is 5.23. The second-order valence-corrected chi connectivity index (χ2v) is 15.5. The Bertz CT molecular complexity index is 3610. The maximum atomic E-state index is 6.68. The first-order valence-corrected chi connectivity index (χ1v) is 20.1. The molecule has 0 aliphatic carbocycles. The predicted molar refractivity (Wildman–Crippen MR) is 246 cm³/mol. The Hall–Kier alpha value is -7.95. The van der Waals surface area contributed by atoms with Crippen molar-refractivity contribution >= 4 is 87.2 Å². The second kappa shape index (κ2) is 12.3. The van der Waals surface area contributed by atoms with Crippen LogP contribution in [-0.2, 0) is 0 Å². The summed E-state index contributed by atoms with van der Waals surface area (Å²) < 4.78 is 11.5. The van der Waals surface area contributed by atoms with Crippen LogP contribution >= 0.6 is 0 Å². The number of benzene rings is 9. The van der Waals surface area contributed by atoms with Crippen LogP contribution in [0.25, 0.3) is 121 Å². The van der Waals surface area contributed by atoms with Gasteiger partial charge < -0.3 is 13.6 Å². The van der Waals surface area contributed by atoms with Gasteiger partial charge in [-0.1, -0.05) is 127 Å². The van der Waals surface area contributed by atoms with E-state index in [1.165, 1.54) is 43.6 Å². The molecule has 0 fully saturated rings. The molecule has 13 rings (SSSR count). The maximum absolute atomic E-state index is 6.68. The zero-order valence-corrected chi connectivity index (χ0v) is 31.8. The van der Waals surface area contributed by atoms with Crippen molar-refractivity contribution in [3.8, 4) is 33.8 Å². The van der Waals surface area contributed by atoms with E-state index in [1.54, 1.807) is 0 Å². The van der Waals surface area contributed by atoms with Gasteiger partial charge in [0.25, 0.3) is 0 Å². The van der Waals surface area contributed by atoms with Gasteiger partial charge in [0.15, 0.2) is 0 Å². The van der Waals surface area contributed by atoms with Crippen molar-refractivity contribution in [2.45, 2.75) is 0 Å². The molecule has 0 aliphatic heterocycles. The summed E-state index contributed by atoms with van der Waals surface area (Å²) in [5.41, 5.74) is 13.9. The molecule has 59 heavy (non-hydrogen) atoms. The lowest BCUT2D eigenvalue weighted by Crippen LogP contribution is -2.00. The van der Waals surface area contributed by atoms with Crippen LogP contribution in [0.15, 0.2) is 205 Å². The first kappa shape index (κ1) is 32.2. The quantitative estimate of drug-likeness (QED) is 0.168. The second-order valence-electron chi connectivity index (χ2n) is 15.5. The fourth-order valence-corrected chi connectivity index (χ4v) is 9.73. The molecule has 0 N–H and O–H groups in total. The Labute approximate surface area is 338 Å². The molecule has 13 aromatic rings. The summed E-state index contributed by atoms with van der Waals surface area (Å²) in [6, 6.07) is 72.0. The number of furan rings is 1. The summed E-state index contributed by atoms with van der Waals surface area (Å²) in [6.07, 6.45) is 0. The van der Waals surface area contributed by atoms with Gasteiger partial charge in [0, 0.05) is 65.4 Å². The van der Waals surface area contributed by atoms with Gasteiger partial charge in [-0.3, -0.25) is 0 Å². The number of fused-ring (bicyclic) bond motifs is 13. The van der Waals surface area contributed by atoms with Crippen molar-refractivity contribution in [3.05, 3.63) is 200 Å². The van der Waals surface area contributed by atoms with Crippen molar-refractivity contribution < 1.29 is 4.42 Å². The molecule has 0 saturated heterocycles. The van der Waals surface area contributed by atoms with E-state index in [1.807, 2.05) is 0 Å². The van der Waals surface area contributed by atoms with E-state index in [4.69, 9.17) is 9.40 Å². The van der Waals surface area contributed by atoms with Gasteiger partial charge in [0.1, 0.15) is 11.2 Å². The minimum Gasteiger partial charge on any atom is -0.456 e. The average Bonchev–Trinajstić information content (AvgIpc) is 3.96. The van der Waals surface area contributed by atoms with E-state index in [9.17, 15) is 0 Å². The number of rotatable bonds is 4. The largest absolute Gasteiger partial charge is 0.456 e. The van der Waals surface area contributed by atoms with Crippen LogP contribution in [0.4, 0.5) is 0 Å². The zero-order chi connectivity index (χ0) is 38.6. The van der Waals surface area contributed by atoms with Gasteiger partial charge in [-0.15, -0.1) is 0 Å². The molecule has 4 aromatic heterocycles. The van der Waals surface area contributed by atoms with Gasteiger partial charge in [-0.25, -0.2) is 4.98 Å². The zero-order valence-electron chi connectivity index (χ0n) is 31.8. The molecule has 0 saturated carbocycles. The van der Waals surface area contributed by atoms with Gasteiger partial charge in [0.05, 0.1) is 33.3 Å². The maximum Gasteiger partial charge on any atom is 0.136 e. The monoisotopic (exact) mass is 751 g/mol. The van der Waals surface area contributed by atoms with Crippen LogP contribution in [0, 0.1) is 0 Å². The van der Waals surface area contributed by atoms with Crippen LogP contribution in [0.3, 0.4) is 0 Å². The normalized spacial score (nSPS) is 12.1. The molecule has 4 nitrogen and oxygen atoms in total. The first-order chi connectivity index (χ1) is 29.3. The van der Waals surface area contributed by atoms with E-state index < -0.39 is 0 Å². The van der Waals surface area contributed by atoms with Crippen LogP contribution < -0.4 is 0 Å². The molecule has 0 spiro atoms. The Morgan fingerprint density at radius 2 is 0.831 bits per heavy atom. The molecule has 274 valence electrons. The first-order valence-electron chi connectivity index (χ1n) is 20.1. The summed E-state index contributed by atoms with van der Waals surface area (Å²) in [7, 11) is 0. The third kappa shape index (κ3) is 4.69. The molecule has 0 amide bonds. The standard InChI is InChI=1S/C55H33N3O/c1-2-14-34(15-3-1)55-44-27-29-52-54(53(44)43-20-4-9-21-46(43)56-55)45-32-35(26-28-51(45)59-52)36-30-37(57-47-22-10-5-16-39(47)40-17-6-11-23-48(40)57)33-38(31-36)58-49-24-12-7-18-41(49)42-19-8-13-25-50(42)58/h1-33H. The van der Waals surface area contributed by atoms with E-state index in [-0.39, 0.29) is 0 Å². The van der Waals surface area contributed by atoms with E-state index >= 15 is 0 Å². The van der Waals surface area contributed by atoms with E-state index in [2.05, 4.69) is 209 Å². The number of hydrogen-bond acceptors (Lipinski definition) is 2. The molecule has 9 aromatic carbocycles. The molecular weight excluding hydrogens is 719 g/mol. The van der Waals surface area contributed by atoms with E-state index in [0.717, 1.165) is 77.4 Å². The van der Waals surface area contributed by atoms with Crippen molar-refractivity contribution in [2.24, 2.45) is 0 Å². The topological polar surface area (TPSA) is 35.9 Å². The fraction of sp³-hybridized carbons (Fsp3) is 0. The highest BCUT2D eigenvalue weighted by Crippen LogP contribution is 2.43. The summed E-state index contributed by atoms with van der Waals surface area (Å²) in [5.74, 6) is 0. The number of para-hydroxylation sites is 5. The van der Waals surface area contributed by atoms with Crippen LogP contribution in [0.2, 0.25) is 0 Å². The Morgan fingerprint density at radius 3 is 1.42 bits per heavy atom. The summed E-state index contributed by atoms with van der Waals surface area (Å²) in [6.45, 7) is 0. The summed E-state index contributed by atoms with van der Waals surface area (Å²) >= 11 is 0. The van der Waals surface area contributed by atoms with Gasteiger partial charge in [0.2, 0.25) is 0 Å². The molecule has 0 unspecified atom stereocenters. The van der Waals surface area contributed by atoms with E-state index in [0.29, 0.717) is 0 Å². The van der Waals surface area contributed by atoms with Gasteiger partial charge in [-0.05, 0) is 83.9 Å². The number of hydrogen-bond donors (Lipinski definition) is 0. The molecule has 0 atom stereocenters. The minimum atomic E-state index is 0.861. The average molecular weight is 752 g/mol. The lowest BCUT2D eigenvalue weighted by atomic mass is 9.95. The highest BCUT2D eigenvalue weighted by molar-refractivity contribution is 6.28. The number of nitrogens with zero attached hydrogens (tertiary/aromatic N) is 3. The summed E-state index contributed by atoms with van der Waals surface area (Å²) in [5, 5.41) is 10.5.